The van der Waals surface area contributed by atoms with Crippen molar-refractivity contribution in [3.05, 3.63) is 11.6 Å². The molecule has 2 amide bonds. The summed E-state index contributed by atoms with van der Waals surface area (Å²) in [5.41, 5.74) is -0.109. The molecule has 1 aliphatic rings. The van der Waals surface area contributed by atoms with Gasteiger partial charge in [-0.25, -0.2) is 9.59 Å². The average molecular weight is 256 g/mol. The highest BCUT2D eigenvalue weighted by molar-refractivity contribution is 5.86. The second-order valence-corrected chi connectivity index (χ2v) is 4.62. The molecule has 1 aliphatic heterocycles. The third-order valence-electron chi connectivity index (χ3n) is 2.88. The summed E-state index contributed by atoms with van der Waals surface area (Å²) in [5, 5.41) is 14.4. The number of hydrogen-bond acceptors (Lipinski definition) is 3. The number of carboxylic acids is 1. The molecule has 3 N–H and O–H groups in total. The Balaban J connectivity index is 2.53. The van der Waals surface area contributed by atoms with Gasteiger partial charge in [-0.2, -0.15) is 0 Å². The molecule has 0 bridgehead atoms. The Bertz CT molecular complexity index is 342. The molecule has 1 fully saturated rings. The predicted octanol–water partition coefficient (Wildman–Crippen LogP) is 0.886. The Morgan fingerprint density at radius 3 is 2.44 bits per heavy atom. The minimum Gasteiger partial charge on any atom is -0.480 e. The maximum Gasteiger partial charge on any atom is 0.329 e. The van der Waals surface area contributed by atoms with Crippen LogP contribution in [0.15, 0.2) is 11.6 Å². The molecule has 0 radical (unpaired) electrons. The van der Waals surface area contributed by atoms with Gasteiger partial charge in [0.25, 0.3) is 0 Å². The molecule has 0 aromatic rings. The van der Waals surface area contributed by atoms with Crippen molar-refractivity contribution in [2.45, 2.75) is 32.2 Å². The third-order valence-corrected chi connectivity index (χ3v) is 2.88. The Morgan fingerprint density at radius 1 is 1.33 bits per heavy atom. The summed E-state index contributed by atoms with van der Waals surface area (Å²) < 4.78 is 5.12. The van der Waals surface area contributed by atoms with E-state index in [1.165, 1.54) is 0 Å². The number of ether oxygens (including phenoxy) is 1. The summed E-state index contributed by atoms with van der Waals surface area (Å²) in [6.45, 7) is 4.94. The van der Waals surface area contributed by atoms with Crippen LogP contribution in [-0.4, -0.2) is 42.4 Å². The lowest BCUT2D eigenvalue weighted by Crippen LogP contribution is -2.59. The van der Waals surface area contributed by atoms with Crippen LogP contribution in [0.3, 0.4) is 0 Å². The van der Waals surface area contributed by atoms with Crippen molar-refractivity contribution in [1.82, 2.24) is 10.6 Å². The number of rotatable bonds is 4. The second kappa shape index (κ2) is 6.39. The number of carbonyl (C=O) groups is 2. The van der Waals surface area contributed by atoms with Gasteiger partial charge in [0.2, 0.25) is 0 Å². The van der Waals surface area contributed by atoms with E-state index >= 15 is 0 Å². The number of aliphatic carboxylic acids is 1. The molecule has 0 aromatic carbocycles. The van der Waals surface area contributed by atoms with Crippen LogP contribution in [0.25, 0.3) is 0 Å². The zero-order valence-electron chi connectivity index (χ0n) is 10.8. The van der Waals surface area contributed by atoms with Gasteiger partial charge in [-0.3, -0.25) is 0 Å². The van der Waals surface area contributed by atoms with Crippen LogP contribution >= 0.6 is 0 Å². The van der Waals surface area contributed by atoms with Crippen molar-refractivity contribution in [3.8, 4) is 0 Å². The highest BCUT2D eigenvalue weighted by atomic mass is 16.5. The Kier molecular flexibility index (Phi) is 5.15. The van der Waals surface area contributed by atoms with Crippen LogP contribution in [-0.2, 0) is 9.53 Å². The van der Waals surface area contributed by atoms with Crippen LogP contribution in [0.2, 0.25) is 0 Å². The first-order valence-corrected chi connectivity index (χ1v) is 5.97. The Labute approximate surface area is 106 Å². The molecule has 102 valence electrons. The van der Waals surface area contributed by atoms with Crippen molar-refractivity contribution < 1.29 is 19.4 Å². The van der Waals surface area contributed by atoms with Gasteiger partial charge in [-0.1, -0.05) is 11.6 Å². The summed E-state index contributed by atoms with van der Waals surface area (Å²) in [4.78, 5) is 22.9. The monoisotopic (exact) mass is 256 g/mol. The standard InChI is InChI=1S/C12H20N2O4/c1-9(2)3-6-13-11(17)14-12(10(15)16)4-7-18-8-5-12/h3H,4-8H2,1-2H3,(H,15,16)(H2,13,14,17). The summed E-state index contributed by atoms with van der Waals surface area (Å²) >= 11 is 0. The minimum atomic E-state index is -1.20. The lowest BCUT2D eigenvalue weighted by Gasteiger charge is -2.33. The fourth-order valence-electron chi connectivity index (χ4n) is 1.72. The lowest BCUT2D eigenvalue weighted by molar-refractivity contribution is -0.148. The van der Waals surface area contributed by atoms with Crippen LogP contribution in [0.4, 0.5) is 4.79 Å². The van der Waals surface area contributed by atoms with Crippen molar-refractivity contribution in [2.75, 3.05) is 19.8 Å². The van der Waals surface area contributed by atoms with Crippen LogP contribution in [0.1, 0.15) is 26.7 Å². The highest BCUT2D eigenvalue weighted by Crippen LogP contribution is 2.20. The highest BCUT2D eigenvalue weighted by Gasteiger charge is 2.41. The number of hydrogen-bond donors (Lipinski definition) is 3. The molecule has 6 heteroatoms. The van der Waals surface area contributed by atoms with Crippen LogP contribution in [0.5, 0.6) is 0 Å². The van der Waals surface area contributed by atoms with E-state index in [4.69, 9.17) is 4.74 Å². The molecular formula is C12H20N2O4. The minimum absolute atomic E-state index is 0.290. The summed E-state index contributed by atoms with van der Waals surface area (Å²) in [6, 6.07) is -0.461. The quantitative estimate of drug-likeness (QED) is 0.652. The number of urea groups is 1. The van der Waals surface area contributed by atoms with Crippen molar-refractivity contribution in [3.63, 3.8) is 0 Å². The fraction of sp³-hybridized carbons (Fsp3) is 0.667. The molecule has 0 spiro atoms. The maximum atomic E-state index is 11.6. The molecule has 1 rings (SSSR count). The van der Waals surface area contributed by atoms with Crippen LogP contribution < -0.4 is 10.6 Å². The molecule has 0 atom stereocenters. The Hall–Kier alpha value is -1.56. The zero-order chi connectivity index (χ0) is 13.6. The smallest absolute Gasteiger partial charge is 0.329 e. The predicted molar refractivity (Wildman–Crippen MR) is 66.4 cm³/mol. The van der Waals surface area contributed by atoms with Gasteiger partial charge in [-0.05, 0) is 13.8 Å². The van der Waals surface area contributed by atoms with Crippen molar-refractivity contribution in [1.29, 1.82) is 0 Å². The first-order chi connectivity index (χ1) is 8.46. The average Bonchev–Trinajstić information content (AvgIpc) is 2.29. The molecule has 0 saturated carbocycles. The molecular weight excluding hydrogens is 236 g/mol. The number of allylic oxidation sites excluding steroid dienone is 1. The largest absolute Gasteiger partial charge is 0.480 e. The van der Waals surface area contributed by atoms with Gasteiger partial charge < -0.3 is 20.5 Å². The number of carbonyl (C=O) groups excluding carboxylic acids is 1. The molecule has 18 heavy (non-hydrogen) atoms. The molecule has 0 aromatic heterocycles. The van der Waals surface area contributed by atoms with Gasteiger partial charge in [0, 0.05) is 32.6 Å². The van der Waals surface area contributed by atoms with Gasteiger partial charge >= 0.3 is 12.0 Å². The molecule has 1 saturated heterocycles. The number of carboxylic acid groups (broad SMARTS) is 1. The summed E-state index contributed by atoms with van der Waals surface area (Å²) in [7, 11) is 0. The van der Waals surface area contributed by atoms with Gasteiger partial charge in [0.05, 0.1) is 0 Å². The molecule has 6 nitrogen and oxygen atoms in total. The first-order valence-electron chi connectivity index (χ1n) is 5.97. The van der Waals surface area contributed by atoms with Gasteiger partial charge in [0.15, 0.2) is 0 Å². The summed E-state index contributed by atoms with van der Waals surface area (Å²) in [5.74, 6) is -1.01. The van der Waals surface area contributed by atoms with E-state index in [1.54, 1.807) is 0 Å². The first kappa shape index (κ1) is 14.5. The van der Waals surface area contributed by atoms with Crippen molar-refractivity contribution >= 4 is 12.0 Å². The molecule has 0 unspecified atom stereocenters. The maximum absolute atomic E-state index is 11.6. The van der Waals surface area contributed by atoms with E-state index in [1.807, 2.05) is 19.9 Å². The van der Waals surface area contributed by atoms with E-state index in [0.717, 1.165) is 5.57 Å². The van der Waals surface area contributed by atoms with E-state index in [2.05, 4.69) is 10.6 Å². The number of nitrogens with one attached hydrogen (secondary N) is 2. The topological polar surface area (TPSA) is 87.7 Å². The SMILES string of the molecule is CC(C)=CCNC(=O)NC1(C(=O)O)CCOCC1. The van der Waals surface area contributed by atoms with Gasteiger partial charge in [0.1, 0.15) is 5.54 Å². The summed E-state index contributed by atoms with van der Waals surface area (Å²) in [6.07, 6.45) is 2.44. The van der Waals surface area contributed by atoms with E-state index in [-0.39, 0.29) is 0 Å². The fourth-order valence-corrected chi connectivity index (χ4v) is 1.72. The van der Waals surface area contributed by atoms with Crippen LogP contribution in [0, 0.1) is 0 Å². The molecule has 0 aliphatic carbocycles. The van der Waals surface area contributed by atoms with Gasteiger partial charge in [-0.15, -0.1) is 0 Å². The van der Waals surface area contributed by atoms with E-state index < -0.39 is 17.5 Å². The second-order valence-electron chi connectivity index (χ2n) is 4.62. The zero-order valence-corrected chi connectivity index (χ0v) is 10.8. The van der Waals surface area contributed by atoms with E-state index in [9.17, 15) is 14.7 Å². The van der Waals surface area contributed by atoms with Crippen molar-refractivity contribution in [2.24, 2.45) is 0 Å². The third kappa shape index (κ3) is 4.03. The Morgan fingerprint density at radius 2 is 1.94 bits per heavy atom. The normalized spacial score (nSPS) is 17.7. The molecule has 1 heterocycles. The van der Waals surface area contributed by atoms with E-state index in [0.29, 0.717) is 32.6 Å². The lowest BCUT2D eigenvalue weighted by atomic mass is 9.90. The number of amides is 2.